The van der Waals surface area contributed by atoms with Gasteiger partial charge in [0, 0.05) is 19.4 Å². The minimum Gasteiger partial charge on any atom is -0.503 e. The van der Waals surface area contributed by atoms with Gasteiger partial charge in [-0.25, -0.2) is 9.78 Å². The summed E-state index contributed by atoms with van der Waals surface area (Å²) in [5.41, 5.74) is -0.204. The molecule has 2 heterocycles. The van der Waals surface area contributed by atoms with Gasteiger partial charge in [-0.2, -0.15) is 0 Å². The van der Waals surface area contributed by atoms with Crippen LogP contribution in [-0.4, -0.2) is 66.6 Å². The lowest BCUT2D eigenvalue weighted by Crippen LogP contribution is -2.48. The maximum absolute atomic E-state index is 13.0. The van der Waals surface area contributed by atoms with Gasteiger partial charge in [0.05, 0.1) is 19.3 Å². The number of carbonyl (C=O) groups is 2. The number of cyclic esters (lactones) is 1. The lowest BCUT2D eigenvalue weighted by atomic mass is 9.98. The van der Waals surface area contributed by atoms with Gasteiger partial charge in [0.1, 0.15) is 18.2 Å². The maximum atomic E-state index is 13.0. The Balaban J connectivity index is 1.71. The quantitative estimate of drug-likeness (QED) is 0.636. The van der Waals surface area contributed by atoms with Crippen LogP contribution in [-0.2, 0) is 19.0 Å². The first-order chi connectivity index (χ1) is 15.4. The third kappa shape index (κ3) is 5.89. The van der Waals surface area contributed by atoms with E-state index in [0.717, 1.165) is 38.5 Å². The van der Waals surface area contributed by atoms with E-state index in [0.29, 0.717) is 12.8 Å². The zero-order chi connectivity index (χ0) is 23.1. The van der Waals surface area contributed by atoms with Crippen LogP contribution < -0.4 is 10.1 Å². The van der Waals surface area contributed by atoms with E-state index in [1.54, 1.807) is 14.0 Å². The molecule has 0 unspecified atom stereocenters. The van der Waals surface area contributed by atoms with Gasteiger partial charge in [-0.05, 0) is 32.6 Å². The molecular weight excluding hydrogens is 416 g/mol. The molecule has 1 amide bonds. The first-order valence-electron chi connectivity index (χ1n) is 11.4. The predicted octanol–water partition coefficient (Wildman–Crippen LogP) is 2.74. The highest BCUT2D eigenvalue weighted by molar-refractivity contribution is 5.97. The lowest BCUT2D eigenvalue weighted by molar-refractivity contribution is -0.175. The first kappa shape index (κ1) is 24.3. The second-order valence-corrected chi connectivity index (χ2v) is 8.44. The van der Waals surface area contributed by atoms with Crippen LogP contribution in [0.25, 0.3) is 0 Å². The number of hydrogen-bond acceptors (Lipinski definition) is 8. The highest BCUT2D eigenvalue weighted by Crippen LogP contribution is 2.29. The van der Waals surface area contributed by atoms with Gasteiger partial charge in [-0.15, -0.1) is 0 Å². The fraction of sp³-hybridized carbons (Fsp3) is 0.696. The van der Waals surface area contributed by atoms with Crippen LogP contribution in [0.1, 0.15) is 68.8 Å². The van der Waals surface area contributed by atoms with Gasteiger partial charge in [0.15, 0.2) is 17.2 Å². The molecule has 32 heavy (non-hydrogen) atoms. The summed E-state index contributed by atoms with van der Waals surface area (Å²) in [6.07, 6.45) is 7.43. The van der Waals surface area contributed by atoms with Crippen LogP contribution >= 0.6 is 0 Å². The van der Waals surface area contributed by atoms with Crippen LogP contribution in [0.4, 0.5) is 0 Å². The Labute approximate surface area is 188 Å². The smallest absolute Gasteiger partial charge is 0.329 e. The van der Waals surface area contributed by atoms with Crippen LogP contribution in [0, 0.1) is 0 Å². The summed E-state index contributed by atoms with van der Waals surface area (Å²) in [5.74, 6) is -1.45. The number of ether oxygens (including phenoxy) is 4. The molecule has 9 heteroatoms. The Morgan fingerprint density at radius 1 is 1.16 bits per heavy atom. The molecule has 3 rings (SSSR count). The van der Waals surface area contributed by atoms with Crippen molar-refractivity contribution in [3.05, 3.63) is 18.0 Å². The number of pyridine rings is 1. The van der Waals surface area contributed by atoms with Gasteiger partial charge >= 0.3 is 5.97 Å². The average molecular weight is 451 g/mol. The minimum atomic E-state index is -0.858. The van der Waals surface area contributed by atoms with Crippen molar-refractivity contribution in [1.29, 1.82) is 0 Å². The second kappa shape index (κ2) is 11.5. The number of nitrogens with zero attached hydrogens (tertiary/aromatic N) is 1. The number of aromatic nitrogens is 1. The average Bonchev–Trinajstić information content (AvgIpc) is 3.30. The van der Waals surface area contributed by atoms with E-state index in [2.05, 4.69) is 10.3 Å². The topological polar surface area (TPSA) is 116 Å². The molecule has 1 saturated carbocycles. The molecule has 1 aromatic heterocycles. The number of rotatable bonds is 6. The molecule has 2 aliphatic rings. The Morgan fingerprint density at radius 3 is 2.53 bits per heavy atom. The van der Waals surface area contributed by atoms with Gasteiger partial charge in [0.2, 0.25) is 0 Å². The van der Waals surface area contributed by atoms with Crippen molar-refractivity contribution in [1.82, 2.24) is 10.3 Å². The Morgan fingerprint density at radius 2 is 1.84 bits per heavy atom. The zero-order valence-corrected chi connectivity index (χ0v) is 19.0. The van der Waals surface area contributed by atoms with Crippen molar-refractivity contribution in [2.45, 2.75) is 88.7 Å². The van der Waals surface area contributed by atoms with Gasteiger partial charge in [-0.1, -0.05) is 25.7 Å². The van der Waals surface area contributed by atoms with Crippen molar-refractivity contribution >= 4 is 11.9 Å². The molecule has 1 aliphatic heterocycles. The molecule has 4 atom stereocenters. The molecule has 1 aliphatic carbocycles. The predicted molar refractivity (Wildman–Crippen MR) is 116 cm³/mol. The number of methoxy groups -OCH3 is 2. The number of aromatic hydroxyl groups is 1. The van der Waals surface area contributed by atoms with Gasteiger partial charge in [-0.3, -0.25) is 4.79 Å². The Bertz CT molecular complexity index is 782. The summed E-state index contributed by atoms with van der Waals surface area (Å²) >= 11 is 0. The molecule has 0 bridgehead atoms. The zero-order valence-electron chi connectivity index (χ0n) is 19.0. The molecular formula is C23H34N2O7. The standard InChI is InChI=1S/C23H34N2O7/c1-14-21(32-15-8-4-5-9-15)18(30-3)11-7-6-10-16(23(28)31-14)25-22(27)19-20(26)17(29-2)12-13-24-19/h12-16,18,21,26H,4-11H2,1-3H3,(H,25,27)/t14-,16-,18-,21-/m0/s1. The summed E-state index contributed by atoms with van der Waals surface area (Å²) in [4.78, 5) is 29.6. The molecule has 178 valence electrons. The molecule has 2 fully saturated rings. The summed E-state index contributed by atoms with van der Waals surface area (Å²) < 4.78 is 22.8. The molecule has 0 spiro atoms. The molecule has 9 nitrogen and oxygen atoms in total. The summed E-state index contributed by atoms with van der Waals surface area (Å²) in [7, 11) is 3.04. The second-order valence-electron chi connectivity index (χ2n) is 8.44. The third-order valence-corrected chi connectivity index (χ3v) is 6.23. The van der Waals surface area contributed by atoms with Crippen LogP contribution in [0.5, 0.6) is 11.5 Å². The number of nitrogens with one attached hydrogen (secondary N) is 1. The maximum Gasteiger partial charge on any atom is 0.329 e. The Kier molecular flexibility index (Phi) is 8.69. The van der Waals surface area contributed by atoms with E-state index in [4.69, 9.17) is 18.9 Å². The fourth-order valence-corrected chi connectivity index (χ4v) is 4.43. The molecule has 0 aromatic carbocycles. The number of amides is 1. The third-order valence-electron chi connectivity index (χ3n) is 6.23. The minimum absolute atomic E-state index is 0.129. The van der Waals surface area contributed by atoms with E-state index < -0.39 is 24.0 Å². The summed E-state index contributed by atoms with van der Waals surface area (Å²) in [6.45, 7) is 1.81. The van der Waals surface area contributed by atoms with Crippen molar-refractivity contribution in [2.24, 2.45) is 0 Å². The van der Waals surface area contributed by atoms with E-state index in [1.165, 1.54) is 19.4 Å². The van der Waals surface area contributed by atoms with Gasteiger partial charge < -0.3 is 29.4 Å². The van der Waals surface area contributed by atoms with E-state index in [-0.39, 0.29) is 35.5 Å². The van der Waals surface area contributed by atoms with Crippen molar-refractivity contribution < 1.29 is 33.6 Å². The first-order valence-corrected chi connectivity index (χ1v) is 11.4. The molecule has 0 radical (unpaired) electrons. The van der Waals surface area contributed by atoms with Crippen molar-refractivity contribution in [3.63, 3.8) is 0 Å². The molecule has 1 aromatic rings. The van der Waals surface area contributed by atoms with Crippen LogP contribution in [0.2, 0.25) is 0 Å². The van der Waals surface area contributed by atoms with E-state index in [9.17, 15) is 14.7 Å². The highest BCUT2D eigenvalue weighted by atomic mass is 16.6. The van der Waals surface area contributed by atoms with Crippen molar-refractivity contribution in [3.8, 4) is 11.5 Å². The summed E-state index contributed by atoms with van der Waals surface area (Å²) in [5, 5.41) is 12.9. The van der Waals surface area contributed by atoms with Crippen molar-refractivity contribution in [2.75, 3.05) is 14.2 Å². The normalized spacial score (nSPS) is 27.5. The van der Waals surface area contributed by atoms with E-state index in [1.807, 2.05) is 0 Å². The van der Waals surface area contributed by atoms with E-state index >= 15 is 0 Å². The molecule has 1 saturated heterocycles. The number of esters is 1. The summed E-state index contributed by atoms with van der Waals surface area (Å²) in [6, 6.07) is 0.589. The van der Waals surface area contributed by atoms with Crippen LogP contribution in [0.3, 0.4) is 0 Å². The lowest BCUT2D eigenvalue weighted by Gasteiger charge is -2.34. The number of hydrogen-bond donors (Lipinski definition) is 2. The monoisotopic (exact) mass is 450 g/mol. The van der Waals surface area contributed by atoms with Gasteiger partial charge in [0.25, 0.3) is 5.91 Å². The van der Waals surface area contributed by atoms with Crippen LogP contribution in [0.15, 0.2) is 12.3 Å². The number of carbonyl (C=O) groups excluding carboxylic acids is 2. The Hall–Kier alpha value is -2.39. The fourth-order valence-electron chi connectivity index (χ4n) is 4.43. The SMILES string of the molecule is COc1ccnc(C(=O)N[C@H]2CCCC[C@H](OC)[C@@H](OC3CCCC3)[C@H](C)OC2=O)c1O. The molecule has 2 N–H and O–H groups in total. The highest BCUT2D eigenvalue weighted by Gasteiger charge is 2.36. The largest absolute Gasteiger partial charge is 0.503 e.